The van der Waals surface area contributed by atoms with Crippen LogP contribution in [-0.2, 0) is 9.59 Å². The quantitative estimate of drug-likeness (QED) is 0.530. The predicted molar refractivity (Wildman–Crippen MR) is 113 cm³/mol. The molecule has 0 aliphatic carbocycles. The number of benzene rings is 2. The van der Waals surface area contributed by atoms with Crippen molar-refractivity contribution in [2.45, 2.75) is 11.7 Å². The Hall–Kier alpha value is -2.97. The van der Waals surface area contributed by atoms with Gasteiger partial charge in [-0.2, -0.15) is 10.5 Å². The Bertz CT molecular complexity index is 1070. The van der Waals surface area contributed by atoms with Crippen LogP contribution in [0.15, 0.2) is 59.1 Å². The lowest BCUT2D eigenvalue weighted by Crippen LogP contribution is -2.31. The van der Waals surface area contributed by atoms with Crippen LogP contribution in [0.5, 0.6) is 0 Å². The third-order valence-corrected chi connectivity index (χ3v) is 6.02. The molecule has 29 heavy (non-hydrogen) atoms. The number of hydrogen-bond donors (Lipinski definition) is 1. The number of amides is 2. The molecule has 144 valence electrons. The van der Waals surface area contributed by atoms with Gasteiger partial charge >= 0.3 is 0 Å². The van der Waals surface area contributed by atoms with Crippen LogP contribution in [0.1, 0.15) is 6.42 Å². The molecule has 2 aromatic carbocycles. The normalized spacial score (nSPS) is 15.6. The lowest BCUT2D eigenvalue weighted by atomic mass is 10.3. The molecule has 2 amide bonds. The molecule has 1 fully saturated rings. The van der Waals surface area contributed by atoms with Gasteiger partial charge < -0.3 is 5.32 Å². The summed E-state index contributed by atoms with van der Waals surface area (Å²) in [5, 5.41) is 21.3. The summed E-state index contributed by atoms with van der Waals surface area (Å²) in [5.74, 6) is -0.932. The predicted octanol–water partition coefficient (Wildman–Crippen LogP) is 4.73. The second kappa shape index (κ2) is 9.02. The molecule has 9 heteroatoms. The number of hydrogen-bond acceptors (Lipinski definition) is 6. The number of imide groups is 1. The van der Waals surface area contributed by atoms with Crippen molar-refractivity contribution in [3.05, 3.63) is 69.2 Å². The van der Waals surface area contributed by atoms with Crippen LogP contribution in [-0.4, -0.2) is 17.1 Å². The molecule has 0 aromatic heterocycles. The number of nitrogens with zero attached hydrogens (tertiary/aromatic N) is 3. The number of nitriles is 2. The highest BCUT2D eigenvalue weighted by atomic mass is 35.5. The molecule has 1 N–H and O–H groups in total. The van der Waals surface area contributed by atoms with Gasteiger partial charge in [0, 0.05) is 12.1 Å². The van der Waals surface area contributed by atoms with Crippen molar-refractivity contribution >= 4 is 58.2 Å². The minimum Gasteiger partial charge on any atom is -0.349 e. The highest BCUT2D eigenvalue weighted by Crippen LogP contribution is 2.39. The molecule has 1 aliphatic heterocycles. The molecule has 1 heterocycles. The van der Waals surface area contributed by atoms with E-state index in [2.05, 4.69) is 5.32 Å². The maximum absolute atomic E-state index is 12.9. The summed E-state index contributed by atoms with van der Waals surface area (Å²) in [6, 6.07) is 17.2. The summed E-state index contributed by atoms with van der Waals surface area (Å²) in [7, 11) is 0. The molecular formula is C20H12Cl2N4O2S. The molecule has 0 bridgehead atoms. The Morgan fingerprint density at radius 2 is 1.76 bits per heavy atom. The highest BCUT2D eigenvalue weighted by Gasteiger charge is 2.41. The third-order valence-electron chi connectivity index (χ3n) is 4.02. The van der Waals surface area contributed by atoms with Crippen LogP contribution in [0, 0.1) is 22.7 Å². The van der Waals surface area contributed by atoms with Gasteiger partial charge in [0.2, 0.25) is 11.8 Å². The van der Waals surface area contributed by atoms with Crippen molar-refractivity contribution in [2.75, 3.05) is 10.2 Å². The van der Waals surface area contributed by atoms with E-state index in [0.717, 1.165) is 16.7 Å². The zero-order chi connectivity index (χ0) is 21.0. The minimum absolute atomic E-state index is 0.101. The van der Waals surface area contributed by atoms with Crippen molar-refractivity contribution < 1.29 is 9.59 Å². The molecule has 1 saturated heterocycles. The monoisotopic (exact) mass is 442 g/mol. The van der Waals surface area contributed by atoms with Crippen LogP contribution in [0.2, 0.25) is 10.0 Å². The lowest BCUT2D eigenvalue weighted by molar-refractivity contribution is -0.121. The Kier molecular flexibility index (Phi) is 6.46. The first-order valence-electron chi connectivity index (χ1n) is 8.30. The van der Waals surface area contributed by atoms with Gasteiger partial charge in [-0.05, 0) is 24.3 Å². The first-order valence-corrected chi connectivity index (χ1v) is 9.93. The van der Waals surface area contributed by atoms with Gasteiger partial charge in [-0.25, -0.2) is 4.90 Å². The van der Waals surface area contributed by atoms with Crippen molar-refractivity contribution in [1.82, 2.24) is 0 Å². The molecule has 6 nitrogen and oxygen atoms in total. The van der Waals surface area contributed by atoms with Crippen LogP contribution in [0.3, 0.4) is 0 Å². The van der Waals surface area contributed by atoms with Gasteiger partial charge in [0.05, 0.1) is 21.0 Å². The molecule has 0 radical (unpaired) electrons. The van der Waals surface area contributed by atoms with Gasteiger partial charge in [-0.1, -0.05) is 59.2 Å². The molecule has 2 aromatic rings. The fraction of sp³-hybridized carbons (Fsp3) is 0.100. The topological polar surface area (TPSA) is 97.0 Å². The van der Waals surface area contributed by atoms with E-state index in [9.17, 15) is 20.1 Å². The van der Waals surface area contributed by atoms with E-state index in [1.54, 1.807) is 36.4 Å². The van der Waals surface area contributed by atoms with Crippen molar-refractivity contribution in [3.63, 3.8) is 0 Å². The summed E-state index contributed by atoms with van der Waals surface area (Å²) >= 11 is 13.1. The zero-order valence-electron chi connectivity index (χ0n) is 14.7. The number of anilines is 2. The van der Waals surface area contributed by atoms with E-state index >= 15 is 0 Å². The van der Waals surface area contributed by atoms with E-state index in [0.29, 0.717) is 5.69 Å². The summed E-state index contributed by atoms with van der Waals surface area (Å²) in [6.45, 7) is 0. The van der Waals surface area contributed by atoms with Crippen LogP contribution in [0.4, 0.5) is 11.4 Å². The van der Waals surface area contributed by atoms with E-state index in [4.69, 9.17) is 23.2 Å². The Morgan fingerprint density at radius 3 is 2.41 bits per heavy atom. The number of carbonyl (C=O) groups is 2. The molecule has 3 rings (SSSR count). The maximum atomic E-state index is 12.9. The first-order chi connectivity index (χ1) is 14.0. The Morgan fingerprint density at radius 1 is 1.07 bits per heavy atom. The Labute approximate surface area is 181 Å². The molecule has 0 saturated carbocycles. The number of carbonyl (C=O) groups excluding carboxylic acids is 2. The van der Waals surface area contributed by atoms with Gasteiger partial charge in [0.1, 0.15) is 17.2 Å². The molecule has 0 unspecified atom stereocenters. The van der Waals surface area contributed by atoms with Gasteiger partial charge in [0.15, 0.2) is 5.57 Å². The number of allylic oxidation sites excluding steroid dienone is 1. The first kappa shape index (κ1) is 20.8. The average molecular weight is 443 g/mol. The van der Waals surface area contributed by atoms with Gasteiger partial charge in [0.25, 0.3) is 0 Å². The summed E-state index contributed by atoms with van der Waals surface area (Å²) < 4.78 is 0. The van der Waals surface area contributed by atoms with Gasteiger partial charge in [-0.3, -0.25) is 9.59 Å². The Balaban J connectivity index is 1.90. The number of thioether (sulfide) groups is 1. The summed E-state index contributed by atoms with van der Waals surface area (Å²) in [4.78, 5) is 26.5. The minimum atomic E-state index is -0.819. The van der Waals surface area contributed by atoms with Crippen molar-refractivity contribution in [2.24, 2.45) is 0 Å². The van der Waals surface area contributed by atoms with E-state index < -0.39 is 17.1 Å². The molecule has 1 aliphatic rings. The molecular weight excluding hydrogens is 431 g/mol. The average Bonchev–Trinajstić information content (AvgIpc) is 2.99. The van der Waals surface area contributed by atoms with Crippen LogP contribution >= 0.6 is 35.0 Å². The van der Waals surface area contributed by atoms with E-state index in [-0.39, 0.29) is 32.8 Å². The largest absolute Gasteiger partial charge is 0.349 e. The van der Waals surface area contributed by atoms with Gasteiger partial charge in [-0.15, -0.1) is 0 Å². The number of nitrogens with one attached hydrogen (secondary N) is 1. The fourth-order valence-corrected chi connectivity index (χ4v) is 4.17. The zero-order valence-corrected chi connectivity index (χ0v) is 17.1. The smallest absolute Gasteiger partial charge is 0.247 e. The SMILES string of the molecule is N#CC(C#N)=C(Nc1ccccc1)S[C@H]1CC(=O)N(c2cccc(Cl)c2Cl)C1=O. The second-order valence-electron chi connectivity index (χ2n) is 5.87. The number of halogens is 2. The number of rotatable bonds is 5. The molecule has 1 atom stereocenters. The standard InChI is InChI=1S/C20H12Cl2N4O2S/c21-14-7-4-8-15(18(14)22)26-17(27)9-16(20(26)28)29-19(12(10-23)11-24)25-13-5-2-1-3-6-13/h1-8,16,25H,9H2/t16-/m0/s1. The van der Waals surface area contributed by atoms with Crippen molar-refractivity contribution in [1.29, 1.82) is 10.5 Å². The van der Waals surface area contributed by atoms with Crippen LogP contribution < -0.4 is 10.2 Å². The fourth-order valence-electron chi connectivity index (χ4n) is 2.69. The third kappa shape index (κ3) is 4.38. The number of para-hydroxylation sites is 1. The summed E-state index contributed by atoms with van der Waals surface area (Å²) in [5.41, 5.74) is 0.669. The summed E-state index contributed by atoms with van der Waals surface area (Å²) in [6.07, 6.45) is -0.101. The maximum Gasteiger partial charge on any atom is 0.247 e. The van der Waals surface area contributed by atoms with E-state index in [1.807, 2.05) is 18.2 Å². The second-order valence-corrected chi connectivity index (χ2v) is 7.87. The highest BCUT2D eigenvalue weighted by molar-refractivity contribution is 8.04. The van der Waals surface area contributed by atoms with Crippen molar-refractivity contribution in [3.8, 4) is 12.1 Å². The van der Waals surface area contributed by atoms with E-state index in [1.165, 1.54) is 6.07 Å². The van der Waals surface area contributed by atoms with Crippen LogP contribution in [0.25, 0.3) is 0 Å². The molecule has 0 spiro atoms. The lowest BCUT2D eigenvalue weighted by Gasteiger charge is -2.18.